The number of carbonyl (C=O) groups is 1. The number of benzene rings is 2. The number of amides is 1. The number of hydrogen-bond donors (Lipinski definition) is 0. The molecule has 1 amide bonds. The maximum Gasteiger partial charge on any atom is 0.415 e. The summed E-state index contributed by atoms with van der Waals surface area (Å²) in [5.74, 6) is 0.333. The van der Waals surface area contributed by atoms with E-state index in [-0.39, 0.29) is 12.4 Å². The zero-order valence-corrected chi connectivity index (χ0v) is 12.4. The third-order valence-electron chi connectivity index (χ3n) is 3.65. The second-order valence-corrected chi connectivity index (χ2v) is 5.20. The number of carbonyl (C=O) groups excluding carboxylic acids is 1. The number of halogens is 1. The highest BCUT2D eigenvalue weighted by Crippen LogP contribution is 2.31. The van der Waals surface area contributed by atoms with Crippen molar-refractivity contribution in [1.29, 1.82) is 0 Å². The van der Waals surface area contributed by atoms with Crippen molar-refractivity contribution in [2.24, 2.45) is 0 Å². The summed E-state index contributed by atoms with van der Waals surface area (Å²) in [7, 11) is 0. The summed E-state index contributed by atoms with van der Waals surface area (Å²) in [5, 5.41) is 0. The van der Waals surface area contributed by atoms with Gasteiger partial charge in [-0.2, -0.15) is 0 Å². The second-order valence-electron chi connectivity index (χ2n) is 5.20. The zero-order chi connectivity index (χ0) is 16.2. The molecule has 0 saturated heterocycles. The minimum atomic E-state index is -0.512. The Balaban J connectivity index is 1.96. The summed E-state index contributed by atoms with van der Waals surface area (Å²) >= 11 is 0. The largest absolute Gasteiger partial charge is 0.484 e. The molecule has 1 aliphatic rings. The first-order valence-corrected chi connectivity index (χ1v) is 7.24. The Labute approximate surface area is 133 Å². The smallest absolute Gasteiger partial charge is 0.415 e. The average Bonchev–Trinajstić information content (AvgIpc) is 2.74. The number of rotatable bonds is 2. The first-order chi connectivity index (χ1) is 11.2. The van der Waals surface area contributed by atoms with Crippen molar-refractivity contribution in [3.63, 3.8) is 0 Å². The van der Waals surface area contributed by atoms with Crippen LogP contribution in [0.1, 0.15) is 17.2 Å². The van der Waals surface area contributed by atoms with Gasteiger partial charge in [0.05, 0.1) is 19.4 Å². The Morgan fingerprint density at radius 2 is 2.13 bits per heavy atom. The molecule has 1 unspecified atom stereocenters. The summed E-state index contributed by atoms with van der Waals surface area (Å²) in [6.07, 6.45) is 0.102. The molecule has 0 radical (unpaired) electrons. The lowest BCUT2D eigenvalue weighted by molar-refractivity contribution is 0.110. The highest BCUT2D eigenvalue weighted by Gasteiger charge is 2.28. The summed E-state index contributed by atoms with van der Waals surface area (Å²) < 4.78 is 24.4. The minimum absolute atomic E-state index is 0.255. The van der Waals surface area contributed by atoms with Crippen LogP contribution in [0.15, 0.2) is 61.4 Å². The van der Waals surface area contributed by atoms with Gasteiger partial charge in [0, 0.05) is 5.56 Å². The molecule has 5 heteroatoms. The van der Waals surface area contributed by atoms with Crippen LogP contribution in [0.3, 0.4) is 0 Å². The van der Waals surface area contributed by atoms with Crippen LogP contribution < -0.4 is 4.74 Å². The fraction of sp³-hybridized carbons (Fsp3) is 0.167. The minimum Gasteiger partial charge on any atom is -0.484 e. The predicted molar refractivity (Wildman–Crippen MR) is 83.3 cm³/mol. The van der Waals surface area contributed by atoms with Crippen LogP contribution in [-0.2, 0) is 11.3 Å². The van der Waals surface area contributed by atoms with E-state index in [1.807, 2.05) is 24.3 Å². The molecule has 0 aliphatic carbocycles. The van der Waals surface area contributed by atoms with E-state index < -0.39 is 12.2 Å². The van der Waals surface area contributed by atoms with E-state index in [0.717, 1.165) is 11.8 Å². The highest BCUT2D eigenvalue weighted by atomic mass is 19.1. The Kier molecular flexibility index (Phi) is 4.28. The van der Waals surface area contributed by atoms with E-state index in [4.69, 9.17) is 9.47 Å². The van der Waals surface area contributed by atoms with E-state index in [0.29, 0.717) is 17.9 Å². The van der Waals surface area contributed by atoms with Gasteiger partial charge in [0.2, 0.25) is 0 Å². The molecule has 0 aromatic heterocycles. The number of fused-ring (bicyclic) bond motifs is 1. The van der Waals surface area contributed by atoms with Crippen molar-refractivity contribution < 1.29 is 18.7 Å². The van der Waals surface area contributed by atoms with Gasteiger partial charge < -0.3 is 9.47 Å². The monoisotopic (exact) mass is 313 g/mol. The van der Waals surface area contributed by atoms with E-state index in [1.165, 1.54) is 17.0 Å². The topological polar surface area (TPSA) is 38.8 Å². The molecule has 1 atom stereocenters. The van der Waals surface area contributed by atoms with Gasteiger partial charge in [0.15, 0.2) is 0 Å². The molecule has 0 saturated carbocycles. The fourth-order valence-corrected chi connectivity index (χ4v) is 2.58. The van der Waals surface area contributed by atoms with Gasteiger partial charge in [-0.3, -0.25) is 4.90 Å². The van der Waals surface area contributed by atoms with Gasteiger partial charge in [0.25, 0.3) is 0 Å². The van der Waals surface area contributed by atoms with Crippen LogP contribution >= 0.6 is 0 Å². The summed E-state index contributed by atoms with van der Waals surface area (Å²) in [5.41, 5.74) is 1.53. The van der Waals surface area contributed by atoms with Crippen LogP contribution in [0.25, 0.3) is 0 Å². The second kappa shape index (κ2) is 6.52. The Morgan fingerprint density at radius 1 is 1.30 bits per heavy atom. The van der Waals surface area contributed by atoms with E-state index in [2.05, 4.69) is 6.58 Å². The average molecular weight is 313 g/mol. The molecule has 2 aromatic rings. The normalized spacial score (nSPS) is 16.7. The van der Waals surface area contributed by atoms with Crippen LogP contribution in [-0.4, -0.2) is 17.5 Å². The molecule has 0 fully saturated rings. The quantitative estimate of drug-likeness (QED) is 0.785. The number of ether oxygens (including phenoxy) is 2. The number of nitrogens with zero attached hydrogens (tertiary/aromatic N) is 1. The maximum atomic E-state index is 13.5. The molecule has 23 heavy (non-hydrogen) atoms. The molecule has 118 valence electrons. The molecule has 0 bridgehead atoms. The number of hydrogen-bond acceptors (Lipinski definition) is 3. The molecule has 3 rings (SSSR count). The first-order valence-electron chi connectivity index (χ1n) is 7.24. The molecule has 2 aromatic carbocycles. The predicted octanol–water partition coefficient (Wildman–Crippen LogP) is 4.04. The van der Waals surface area contributed by atoms with Gasteiger partial charge in [-0.05, 0) is 23.8 Å². The van der Waals surface area contributed by atoms with Crippen LogP contribution in [0.4, 0.5) is 9.18 Å². The summed E-state index contributed by atoms with van der Waals surface area (Å²) in [6, 6.07) is 13.6. The van der Waals surface area contributed by atoms with Gasteiger partial charge in [-0.25, -0.2) is 9.18 Å². The van der Waals surface area contributed by atoms with Crippen molar-refractivity contribution in [3.8, 4) is 5.75 Å². The van der Waals surface area contributed by atoms with Crippen LogP contribution in [0.5, 0.6) is 5.75 Å². The van der Waals surface area contributed by atoms with Crippen molar-refractivity contribution in [3.05, 3.63) is 78.3 Å². The lowest BCUT2D eigenvalue weighted by Gasteiger charge is -2.23. The molecule has 1 aliphatic heterocycles. The molecular formula is C18H16FNO3. The SMILES string of the molecule is C=COC(=O)N1Cc2ccccc2OC(c2cccc(F)c2)C1. The van der Waals surface area contributed by atoms with Crippen LogP contribution in [0, 0.1) is 5.82 Å². The van der Waals surface area contributed by atoms with Gasteiger partial charge >= 0.3 is 6.09 Å². The third-order valence-corrected chi connectivity index (χ3v) is 3.65. The molecule has 0 spiro atoms. The van der Waals surface area contributed by atoms with Crippen molar-refractivity contribution in [1.82, 2.24) is 4.90 Å². The highest BCUT2D eigenvalue weighted by molar-refractivity contribution is 5.68. The summed E-state index contributed by atoms with van der Waals surface area (Å²) in [6.45, 7) is 4.01. The Bertz CT molecular complexity index is 732. The fourth-order valence-electron chi connectivity index (χ4n) is 2.58. The molecule has 1 heterocycles. The standard InChI is InChI=1S/C18H16FNO3/c1-2-22-18(21)20-11-14-6-3-4-9-16(14)23-17(12-20)13-7-5-8-15(19)10-13/h2-10,17H,1,11-12H2. The zero-order valence-electron chi connectivity index (χ0n) is 12.4. The Hall–Kier alpha value is -2.82. The third kappa shape index (κ3) is 3.34. The maximum absolute atomic E-state index is 13.5. The van der Waals surface area contributed by atoms with E-state index >= 15 is 0 Å². The molecular weight excluding hydrogens is 297 g/mol. The van der Waals surface area contributed by atoms with E-state index in [9.17, 15) is 9.18 Å². The number of para-hydroxylation sites is 1. The van der Waals surface area contributed by atoms with Crippen molar-refractivity contribution >= 4 is 6.09 Å². The van der Waals surface area contributed by atoms with Gasteiger partial charge in [-0.1, -0.05) is 36.9 Å². The molecule has 0 N–H and O–H groups in total. The van der Waals surface area contributed by atoms with Crippen molar-refractivity contribution in [2.75, 3.05) is 6.54 Å². The Morgan fingerprint density at radius 3 is 2.91 bits per heavy atom. The summed E-state index contributed by atoms with van der Waals surface area (Å²) in [4.78, 5) is 13.6. The van der Waals surface area contributed by atoms with Gasteiger partial charge in [0.1, 0.15) is 17.7 Å². The molecule has 4 nitrogen and oxygen atoms in total. The van der Waals surface area contributed by atoms with Gasteiger partial charge in [-0.15, -0.1) is 0 Å². The first kappa shape index (κ1) is 15.1. The lowest BCUT2D eigenvalue weighted by Crippen LogP contribution is -2.33. The van der Waals surface area contributed by atoms with Crippen molar-refractivity contribution in [2.45, 2.75) is 12.6 Å². The van der Waals surface area contributed by atoms with Crippen LogP contribution in [0.2, 0.25) is 0 Å². The van der Waals surface area contributed by atoms with E-state index in [1.54, 1.807) is 12.1 Å². The lowest BCUT2D eigenvalue weighted by atomic mass is 10.1.